The van der Waals surface area contributed by atoms with Gasteiger partial charge in [0, 0.05) is 18.3 Å². The second-order valence-corrected chi connectivity index (χ2v) is 6.40. The van der Waals surface area contributed by atoms with Gasteiger partial charge in [-0.2, -0.15) is 0 Å². The molecule has 2 N–H and O–H groups in total. The monoisotopic (exact) mass is 346 g/mol. The number of hydrogen-bond donors (Lipinski definition) is 2. The van der Waals surface area contributed by atoms with Gasteiger partial charge in [0.2, 0.25) is 0 Å². The fourth-order valence-electron chi connectivity index (χ4n) is 2.74. The third-order valence-electron chi connectivity index (χ3n) is 4.08. The van der Waals surface area contributed by atoms with Crippen LogP contribution >= 0.6 is 0 Å². The minimum atomic E-state index is -0.224. The van der Waals surface area contributed by atoms with Crippen molar-refractivity contribution in [3.63, 3.8) is 0 Å². The van der Waals surface area contributed by atoms with Crippen LogP contribution in [-0.2, 0) is 6.54 Å². The largest absolute Gasteiger partial charge is 0.347 e. The molecule has 0 aliphatic rings. The van der Waals surface area contributed by atoms with Gasteiger partial charge in [-0.25, -0.2) is 9.97 Å². The minimum Gasteiger partial charge on any atom is -0.347 e. The van der Waals surface area contributed by atoms with E-state index in [0.717, 1.165) is 16.8 Å². The maximum absolute atomic E-state index is 12.4. The number of benzene rings is 2. The molecule has 0 bridgehead atoms. The number of carbonyl (C=O) groups is 1. The normalized spacial score (nSPS) is 10.4. The first-order chi connectivity index (χ1) is 12.5. The molecule has 1 heterocycles. The summed E-state index contributed by atoms with van der Waals surface area (Å²) in [4.78, 5) is 20.7. The quantitative estimate of drug-likeness (QED) is 0.731. The second kappa shape index (κ2) is 7.78. The van der Waals surface area contributed by atoms with Crippen molar-refractivity contribution in [1.82, 2.24) is 15.3 Å². The lowest BCUT2D eigenvalue weighted by atomic mass is 10.1. The zero-order valence-corrected chi connectivity index (χ0v) is 15.2. The number of carbonyl (C=O) groups excluding carboxylic acids is 1. The molecular formula is C21H22N4O. The predicted octanol–water partition coefficient (Wildman–Crippen LogP) is 4.08. The van der Waals surface area contributed by atoms with E-state index in [1.165, 1.54) is 17.5 Å². The van der Waals surface area contributed by atoms with Gasteiger partial charge in [-0.05, 0) is 38.0 Å². The second-order valence-electron chi connectivity index (χ2n) is 6.40. The van der Waals surface area contributed by atoms with Crippen molar-refractivity contribution < 1.29 is 4.79 Å². The molecule has 3 rings (SSSR count). The molecule has 1 amide bonds. The Morgan fingerprint density at radius 2 is 1.77 bits per heavy atom. The Hall–Kier alpha value is -3.21. The van der Waals surface area contributed by atoms with Gasteiger partial charge in [0.25, 0.3) is 5.91 Å². The summed E-state index contributed by atoms with van der Waals surface area (Å²) in [5.74, 6) is 0.366. The average molecular weight is 346 g/mol. The summed E-state index contributed by atoms with van der Waals surface area (Å²) in [6.45, 7) is 6.58. The molecule has 0 aliphatic heterocycles. The fraction of sp³-hybridized carbons (Fsp3) is 0.190. The predicted molar refractivity (Wildman–Crippen MR) is 104 cm³/mol. The van der Waals surface area contributed by atoms with Crippen LogP contribution in [0.5, 0.6) is 0 Å². The Bertz CT molecular complexity index is 937. The van der Waals surface area contributed by atoms with Crippen LogP contribution in [0.2, 0.25) is 0 Å². The molecular weight excluding hydrogens is 324 g/mol. The number of rotatable bonds is 5. The molecule has 0 radical (unpaired) electrons. The van der Waals surface area contributed by atoms with E-state index in [1.807, 2.05) is 50.2 Å². The van der Waals surface area contributed by atoms with Gasteiger partial charge in [-0.1, -0.05) is 47.5 Å². The number of nitrogens with one attached hydrogen (secondary N) is 2. The third kappa shape index (κ3) is 4.45. The SMILES string of the molecule is Cc1cccc(CNC(=O)c2cc(Nc3ccc(C)cc3C)ncn2)c1. The Balaban J connectivity index is 1.69. The van der Waals surface area contributed by atoms with Crippen molar-refractivity contribution in [3.8, 4) is 0 Å². The lowest BCUT2D eigenvalue weighted by Crippen LogP contribution is -2.24. The molecule has 2 aromatic carbocycles. The Morgan fingerprint density at radius 3 is 2.54 bits per heavy atom. The molecule has 1 aromatic heterocycles. The molecule has 5 heteroatoms. The zero-order chi connectivity index (χ0) is 18.5. The van der Waals surface area contributed by atoms with Crippen LogP contribution in [0, 0.1) is 20.8 Å². The first-order valence-electron chi connectivity index (χ1n) is 8.51. The average Bonchev–Trinajstić information content (AvgIpc) is 2.62. The number of aryl methyl sites for hydroxylation is 3. The first kappa shape index (κ1) is 17.6. The summed E-state index contributed by atoms with van der Waals surface area (Å²) in [5, 5.41) is 6.14. The topological polar surface area (TPSA) is 66.9 Å². The Morgan fingerprint density at radius 1 is 0.962 bits per heavy atom. The molecule has 5 nitrogen and oxygen atoms in total. The molecule has 0 saturated carbocycles. The van der Waals surface area contributed by atoms with E-state index in [1.54, 1.807) is 6.07 Å². The zero-order valence-electron chi connectivity index (χ0n) is 15.2. The summed E-state index contributed by atoms with van der Waals surface area (Å²) in [6, 6.07) is 15.8. The van der Waals surface area contributed by atoms with Crippen LogP contribution in [0.4, 0.5) is 11.5 Å². The van der Waals surface area contributed by atoms with Gasteiger partial charge >= 0.3 is 0 Å². The Labute approximate surface area is 153 Å². The number of anilines is 2. The number of aromatic nitrogens is 2. The summed E-state index contributed by atoms with van der Waals surface area (Å²) < 4.78 is 0. The van der Waals surface area contributed by atoms with Gasteiger partial charge in [-0.3, -0.25) is 4.79 Å². The van der Waals surface area contributed by atoms with Crippen LogP contribution in [0.3, 0.4) is 0 Å². The van der Waals surface area contributed by atoms with E-state index in [-0.39, 0.29) is 5.91 Å². The lowest BCUT2D eigenvalue weighted by Gasteiger charge is -2.10. The van der Waals surface area contributed by atoms with Gasteiger partial charge < -0.3 is 10.6 Å². The van der Waals surface area contributed by atoms with E-state index >= 15 is 0 Å². The standard InChI is InChI=1S/C21H22N4O/c1-14-5-4-6-17(10-14)12-22-21(26)19-11-20(24-13-23-19)25-18-8-7-15(2)9-16(18)3/h4-11,13H,12H2,1-3H3,(H,22,26)(H,23,24,25). The van der Waals surface area contributed by atoms with Crippen LogP contribution in [0.1, 0.15) is 32.7 Å². The van der Waals surface area contributed by atoms with Crippen LogP contribution in [-0.4, -0.2) is 15.9 Å². The van der Waals surface area contributed by atoms with E-state index < -0.39 is 0 Å². The number of hydrogen-bond acceptors (Lipinski definition) is 4. The summed E-state index contributed by atoms with van der Waals surface area (Å²) in [6.07, 6.45) is 1.40. The molecule has 0 atom stereocenters. The third-order valence-corrected chi connectivity index (χ3v) is 4.08. The molecule has 0 unspecified atom stereocenters. The highest BCUT2D eigenvalue weighted by Crippen LogP contribution is 2.20. The van der Waals surface area contributed by atoms with Crippen molar-refractivity contribution in [3.05, 3.63) is 82.8 Å². The molecule has 3 aromatic rings. The fourth-order valence-corrected chi connectivity index (χ4v) is 2.74. The Kier molecular flexibility index (Phi) is 5.27. The van der Waals surface area contributed by atoms with E-state index in [0.29, 0.717) is 18.1 Å². The van der Waals surface area contributed by atoms with Crippen molar-refractivity contribution in [2.45, 2.75) is 27.3 Å². The summed E-state index contributed by atoms with van der Waals surface area (Å²) in [5.41, 5.74) is 5.83. The first-order valence-corrected chi connectivity index (χ1v) is 8.51. The highest BCUT2D eigenvalue weighted by molar-refractivity contribution is 5.92. The molecule has 0 aliphatic carbocycles. The number of amides is 1. The smallest absolute Gasteiger partial charge is 0.270 e. The van der Waals surface area contributed by atoms with Crippen molar-refractivity contribution in [2.24, 2.45) is 0 Å². The van der Waals surface area contributed by atoms with Crippen molar-refractivity contribution in [1.29, 1.82) is 0 Å². The molecule has 0 fully saturated rings. The van der Waals surface area contributed by atoms with Crippen LogP contribution in [0.25, 0.3) is 0 Å². The van der Waals surface area contributed by atoms with Gasteiger partial charge in [0.15, 0.2) is 0 Å². The maximum atomic E-state index is 12.4. The van der Waals surface area contributed by atoms with Crippen molar-refractivity contribution in [2.75, 3.05) is 5.32 Å². The van der Waals surface area contributed by atoms with E-state index in [4.69, 9.17) is 0 Å². The lowest BCUT2D eigenvalue weighted by molar-refractivity contribution is 0.0946. The van der Waals surface area contributed by atoms with Crippen molar-refractivity contribution >= 4 is 17.4 Å². The van der Waals surface area contributed by atoms with Crippen LogP contribution in [0.15, 0.2) is 54.9 Å². The van der Waals surface area contributed by atoms with Crippen LogP contribution < -0.4 is 10.6 Å². The maximum Gasteiger partial charge on any atom is 0.270 e. The molecule has 0 spiro atoms. The van der Waals surface area contributed by atoms with E-state index in [9.17, 15) is 4.79 Å². The minimum absolute atomic E-state index is 0.224. The summed E-state index contributed by atoms with van der Waals surface area (Å²) in [7, 11) is 0. The molecule has 132 valence electrons. The van der Waals surface area contributed by atoms with Gasteiger partial charge in [0.05, 0.1) is 0 Å². The van der Waals surface area contributed by atoms with Gasteiger partial charge in [0.1, 0.15) is 17.8 Å². The van der Waals surface area contributed by atoms with E-state index in [2.05, 4.69) is 33.6 Å². The van der Waals surface area contributed by atoms with Gasteiger partial charge in [-0.15, -0.1) is 0 Å². The molecule has 26 heavy (non-hydrogen) atoms. The number of nitrogens with zero attached hydrogens (tertiary/aromatic N) is 2. The summed E-state index contributed by atoms with van der Waals surface area (Å²) >= 11 is 0. The highest BCUT2D eigenvalue weighted by atomic mass is 16.1. The highest BCUT2D eigenvalue weighted by Gasteiger charge is 2.09. The molecule has 0 saturated heterocycles.